The molecule has 1 rings (SSSR count). The lowest BCUT2D eigenvalue weighted by atomic mass is 9.97. The van der Waals surface area contributed by atoms with Gasteiger partial charge in [-0.3, -0.25) is 0 Å². The van der Waals surface area contributed by atoms with E-state index in [1.165, 1.54) is 13.8 Å². The predicted molar refractivity (Wildman–Crippen MR) is 77.9 cm³/mol. The van der Waals surface area contributed by atoms with E-state index in [2.05, 4.69) is 9.71 Å². The summed E-state index contributed by atoms with van der Waals surface area (Å²) in [5.74, 6) is -1.20. The molecule has 0 saturated heterocycles. The van der Waals surface area contributed by atoms with Gasteiger partial charge in [-0.1, -0.05) is 6.92 Å². The Balaban J connectivity index is 3.29. The van der Waals surface area contributed by atoms with Crippen LogP contribution in [-0.2, 0) is 10.0 Å². The van der Waals surface area contributed by atoms with E-state index >= 15 is 0 Å². The molecular formula is C13H22N2O5S. The minimum atomic E-state index is -3.88. The number of aryl methyl sites for hydroxylation is 1. The van der Waals surface area contributed by atoms with Crippen molar-refractivity contribution in [3.63, 3.8) is 0 Å². The van der Waals surface area contributed by atoms with Crippen LogP contribution in [0.5, 0.6) is 0 Å². The van der Waals surface area contributed by atoms with Gasteiger partial charge in [-0.25, -0.2) is 17.9 Å². The standard InChI is InChI=1S/C13H22N2O5S/c1-5-13(4,6-7-16)15-21(19,20)11-8(2)10(12(17)18)14-9(11)3/h14-16H,5-7H2,1-4H3,(H,17,18). The molecule has 4 N–H and O–H groups in total. The largest absolute Gasteiger partial charge is 0.477 e. The number of sulfonamides is 1. The van der Waals surface area contributed by atoms with Gasteiger partial charge in [-0.2, -0.15) is 0 Å². The van der Waals surface area contributed by atoms with E-state index in [9.17, 15) is 13.2 Å². The number of nitrogens with one attached hydrogen (secondary N) is 2. The van der Waals surface area contributed by atoms with E-state index in [0.717, 1.165) is 0 Å². The smallest absolute Gasteiger partial charge is 0.352 e. The second kappa shape index (κ2) is 6.17. The summed E-state index contributed by atoms with van der Waals surface area (Å²) in [6, 6.07) is 0. The van der Waals surface area contributed by atoms with Crippen LogP contribution in [0.1, 0.15) is 48.4 Å². The zero-order valence-corrected chi connectivity index (χ0v) is 13.5. The van der Waals surface area contributed by atoms with Crippen molar-refractivity contribution >= 4 is 16.0 Å². The fraction of sp³-hybridized carbons (Fsp3) is 0.615. The van der Waals surface area contributed by atoms with E-state index in [-0.39, 0.29) is 34.9 Å². The Morgan fingerprint density at radius 1 is 1.38 bits per heavy atom. The Morgan fingerprint density at radius 3 is 2.33 bits per heavy atom. The number of rotatable bonds is 7. The highest BCUT2D eigenvalue weighted by molar-refractivity contribution is 7.89. The molecule has 0 saturated carbocycles. The Morgan fingerprint density at radius 2 is 1.95 bits per heavy atom. The molecule has 0 amide bonds. The van der Waals surface area contributed by atoms with Crippen molar-refractivity contribution in [2.24, 2.45) is 0 Å². The van der Waals surface area contributed by atoms with E-state index in [1.54, 1.807) is 6.92 Å². The summed E-state index contributed by atoms with van der Waals surface area (Å²) in [6.07, 6.45) is 0.776. The first-order valence-electron chi connectivity index (χ1n) is 6.65. The number of aliphatic hydroxyl groups excluding tert-OH is 1. The Kier molecular flexibility index (Phi) is 5.19. The number of aromatic amines is 1. The molecule has 120 valence electrons. The lowest BCUT2D eigenvalue weighted by molar-refractivity contribution is 0.0690. The quantitative estimate of drug-likeness (QED) is 0.601. The molecule has 0 aliphatic rings. The molecule has 0 aliphatic carbocycles. The van der Waals surface area contributed by atoms with Crippen LogP contribution in [0.25, 0.3) is 0 Å². The van der Waals surface area contributed by atoms with Crippen LogP contribution in [0.15, 0.2) is 4.90 Å². The molecule has 0 fully saturated rings. The van der Waals surface area contributed by atoms with Gasteiger partial charge in [-0.15, -0.1) is 0 Å². The second-order valence-corrected chi connectivity index (χ2v) is 7.00. The van der Waals surface area contributed by atoms with Crippen LogP contribution in [0.4, 0.5) is 0 Å². The Labute approximate surface area is 124 Å². The van der Waals surface area contributed by atoms with Gasteiger partial charge < -0.3 is 15.2 Å². The number of carboxylic acids is 1. The van der Waals surface area contributed by atoms with Gasteiger partial charge >= 0.3 is 5.97 Å². The van der Waals surface area contributed by atoms with Crippen LogP contribution >= 0.6 is 0 Å². The maximum absolute atomic E-state index is 12.6. The molecule has 0 bridgehead atoms. The number of hydrogen-bond donors (Lipinski definition) is 4. The van der Waals surface area contributed by atoms with Crippen LogP contribution in [-0.4, -0.2) is 41.7 Å². The van der Waals surface area contributed by atoms with Crippen LogP contribution < -0.4 is 4.72 Å². The summed E-state index contributed by atoms with van der Waals surface area (Å²) in [5, 5.41) is 18.1. The molecule has 7 nitrogen and oxygen atoms in total. The van der Waals surface area contributed by atoms with Crippen molar-refractivity contribution in [2.75, 3.05) is 6.61 Å². The molecule has 0 radical (unpaired) electrons. The topological polar surface area (TPSA) is 119 Å². The summed E-state index contributed by atoms with van der Waals surface area (Å²) in [5.41, 5.74) is -0.462. The highest BCUT2D eigenvalue weighted by Gasteiger charge is 2.32. The first kappa shape index (κ1) is 17.7. The summed E-state index contributed by atoms with van der Waals surface area (Å²) in [6.45, 7) is 6.35. The normalized spacial score (nSPS) is 14.9. The van der Waals surface area contributed by atoms with Gasteiger partial charge in [0, 0.05) is 23.4 Å². The molecule has 1 heterocycles. The summed E-state index contributed by atoms with van der Waals surface area (Å²) in [4.78, 5) is 13.6. The molecule has 0 spiro atoms. The van der Waals surface area contributed by atoms with Gasteiger partial charge in [0.15, 0.2) is 0 Å². The lowest BCUT2D eigenvalue weighted by Gasteiger charge is -2.28. The number of carboxylic acid groups (broad SMARTS) is 1. The monoisotopic (exact) mass is 318 g/mol. The van der Waals surface area contributed by atoms with Crippen LogP contribution in [0, 0.1) is 13.8 Å². The number of H-pyrrole nitrogens is 1. The number of carbonyl (C=O) groups is 1. The average Bonchev–Trinajstić information content (AvgIpc) is 2.65. The number of hydrogen-bond acceptors (Lipinski definition) is 4. The maximum Gasteiger partial charge on any atom is 0.352 e. The number of aromatic nitrogens is 1. The number of aromatic carboxylic acids is 1. The maximum atomic E-state index is 12.6. The SMILES string of the molecule is CCC(C)(CCO)NS(=O)(=O)c1c(C)[nH]c(C(=O)O)c1C. The fourth-order valence-corrected chi connectivity index (χ4v) is 4.23. The van der Waals surface area contributed by atoms with Crippen LogP contribution in [0.3, 0.4) is 0 Å². The highest BCUT2D eigenvalue weighted by Crippen LogP contribution is 2.26. The highest BCUT2D eigenvalue weighted by atomic mass is 32.2. The summed E-state index contributed by atoms with van der Waals surface area (Å²) in [7, 11) is -3.88. The molecule has 0 aliphatic heterocycles. The van der Waals surface area contributed by atoms with Gasteiger partial charge in [0.05, 0.1) is 0 Å². The van der Waals surface area contributed by atoms with Crippen LogP contribution in [0.2, 0.25) is 0 Å². The fourth-order valence-electron chi connectivity index (χ4n) is 2.27. The van der Waals surface area contributed by atoms with Gasteiger partial charge in [-0.05, 0) is 33.6 Å². The number of aliphatic hydroxyl groups is 1. The first-order chi connectivity index (χ1) is 9.58. The van der Waals surface area contributed by atoms with Crippen molar-refractivity contribution in [2.45, 2.75) is 51.0 Å². The summed E-state index contributed by atoms with van der Waals surface area (Å²) >= 11 is 0. The molecule has 21 heavy (non-hydrogen) atoms. The zero-order chi connectivity index (χ0) is 16.4. The Bertz CT molecular complexity index is 635. The van der Waals surface area contributed by atoms with Gasteiger partial charge in [0.1, 0.15) is 10.6 Å². The molecule has 8 heteroatoms. The lowest BCUT2D eigenvalue weighted by Crippen LogP contribution is -2.46. The molecule has 1 aromatic rings. The molecule has 1 aromatic heterocycles. The van der Waals surface area contributed by atoms with Crippen molar-refractivity contribution in [3.8, 4) is 0 Å². The molecular weight excluding hydrogens is 296 g/mol. The Hall–Kier alpha value is -1.38. The van der Waals surface area contributed by atoms with Crippen molar-refractivity contribution in [3.05, 3.63) is 17.0 Å². The minimum Gasteiger partial charge on any atom is -0.477 e. The van der Waals surface area contributed by atoms with E-state index in [4.69, 9.17) is 10.2 Å². The third-order valence-electron chi connectivity index (χ3n) is 3.68. The zero-order valence-electron chi connectivity index (χ0n) is 12.6. The summed E-state index contributed by atoms with van der Waals surface area (Å²) < 4.78 is 27.7. The predicted octanol–water partition coefficient (Wildman–Crippen LogP) is 1.16. The van der Waals surface area contributed by atoms with E-state index in [1.807, 2.05) is 6.92 Å². The van der Waals surface area contributed by atoms with Gasteiger partial charge in [0.25, 0.3) is 0 Å². The second-order valence-electron chi connectivity index (χ2n) is 5.38. The third-order valence-corrected chi connectivity index (χ3v) is 5.59. The van der Waals surface area contributed by atoms with E-state index < -0.39 is 21.5 Å². The molecule has 1 atom stereocenters. The average molecular weight is 318 g/mol. The van der Waals surface area contributed by atoms with Crippen molar-refractivity contribution in [1.29, 1.82) is 0 Å². The first-order valence-corrected chi connectivity index (χ1v) is 8.13. The third kappa shape index (κ3) is 3.63. The van der Waals surface area contributed by atoms with Gasteiger partial charge in [0.2, 0.25) is 10.0 Å². The molecule has 0 aromatic carbocycles. The molecule has 1 unspecified atom stereocenters. The minimum absolute atomic E-state index is 0.0440. The van der Waals surface area contributed by atoms with Crippen molar-refractivity contribution < 1.29 is 23.4 Å². The van der Waals surface area contributed by atoms with E-state index in [0.29, 0.717) is 6.42 Å². The van der Waals surface area contributed by atoms with Crippen molar-refractivity contribution in [1.82, 2.24) is 9.71 Å².